The van der Waals surface area contributed by atoms with Crippen molar-refractivity contribution in [3.8, 4) is 0 Å². The van der Waals surface area contributed by atoms with E-state index in [4.69, 9.17) is 5.73 Å². The first-order valence-electron chi connectivity index (χ1n) is 7.47. The summed E-state index contributed by atoms with van der Waals surface area (Å²) >= 11 is 0. The molecule has 1 heterocycles. The molecule has 0 aromatic carbocycles. The van der Waals surface area contributed by atoms with Crippen molar-refractivity contribution in [2.75, 3.05) is 13.6 Å². The highest BCUT2D eigenvalue weighted by atomic mass is 35.5. The highest BCUT2D eigenvalue weighted by Crippen LogP contribution is 2.17. The topological polar surface area (TPSA) is 51.3 Å². The van der Waals surface area contributed by atoms with Gasteiger partial charge in [0.05, 0.1) is 5.56 Å². The van der Waals surface area contributed by atoms with Crippen molar-refractivity contribution >= 4 is 18.3 Å². The first-order chi connectivity index (χ1) is 9.29. The maximum absolute atomic E-state index is 12.5. The van der Waals surface area contributed by atoms with Gasteiger partial charge in [0, 0.05) is 37.6 Å². The molecule has 1 aromatic rings. The van der Waals surface area contributed by atoms with Crippen LogP contribution in [0.2, 0.25) is 0 Å². The van der Waals surface area contributed by atoms with Gasteiger partial charge in [-0.3, -0.25) is 4.79 Å². The number of nitrogens with zero attached hydrogens (tertiary/aromatic N) is 2. The molecule has 0 aliphatic rings. The van der Waals surface area contributed by atoms with Crippen molar-refractivity contribution < 1.29 is 4.79 Å². The predicted molar refractivity (Wildman–Crippen MR) is 91.2 cm³/mol. The normalized spacial score (nSPS) is 12.2. The Bertz CT molecular complexity index is 468. The number of nitrogens with two attached hydrogens (primary N) is 1. The minimum Gasteiger partial charge on any atom is -0.349 e. The molecule has 0 saturated carbocycles. The quantitative estimate of drug-likeness (QED) is 0.877. The summed E-state index contributed by atoms with van der Waals surface area (Å²) in [5.41, 5.74) is 9.04. The SMILES string of the molecule is CCn1c(C)cc(C(=O)N(C)CCC(N)C(C)C)c1C.Cl. The number of halogens is 1. The van der Waals surface area contributed by atoms with E-state index in [1.165, 1.54) is 0 Å². The van der Waals surface area contributed by atoms with Gasteiger partial charge >= 0.3 is 0 Å². The van der Waals surface area contributed by atoms with Crippen LogP contribution in [-0.4, -0.2) is 35.0 Å². The van der Waals surface area contributed by atoms with Crippen LogP contribution in [0.25, 0.3) is 0 Å². The van der Waals surface area contributed by atoms with E-state index in [0.717, 1.165) is 29.9 Å². The summed E-state index contributed by atoms with van der Waals surface area (Å²) in [6.07, 6.45) is 0.840. The first-order valence-corrected chi connectivity index (χ1v) is 7.47. The van der Waals surface area contributed by atoms with Crippen molar-refractivity contribution in [3.05, 3.63) is 23.0 Å². The zero-order valence-corrected chi connectivity index (χ0v) is 15.0. The summed E-state index contributed by atoms with van der Waals surface area (Å²) in [6, 6.07) is 2.13. The third kappa shape index (κ3) is 4.75. The predicted octanol–water partition coefficient (Wildman–Crippen LogP) is 2.99. The molecule has 0 saturated heterocycles. The van der Waals surface area contributed by atoms with Gasteiger partial charge in [-0.1, -0.05) is 13.8 Å². The van der Waals surface area contributed by atoms with Gasteiger partial charge in [-0.25, -0.2) is 0 Å². The summed E-state index contributed by atoms with van der Waals surface area (Å²) in [5.74, 6) is 0.539. The van der Waals surface area contributed by atoms with Gasteiger partial charge in [-0.2, -0.15) is 0 Å². The third-order valence-corrected chi connectivity index (χ3v) is 4.12. The lowest BCUT2D eigenvalue weighted by atomic mass is 10.0. The van der Waals surface area contributed by atoms with Gasteiger partial charge in [-0.05, 0) is 39.2 Å². The fraction of sp³-hybridized carbons (Fsp3) is 0.688. The van der Waals surface area contributed by atoms with Gasteiger partial charge in [0.2, 0.25) is 0 Å². The Morgan fingerprint density at radius 3 is 2.38 bits per heavy atom. The standard InChI is InChI=1S/C16H29N3O.ClH/c1-7-19-12(4)10-14(13(19)5)16(20)18(6)9-8-15(17)11(2)3;/h10-11,15H,7-9,17H2,1-6H3;1H. The molecule has 0 spiro atoms. The Morgan fingerprint density at radius 2 is 1.95 bits per heavy atom. The van der Waals surface area contributed by atoms with Crippen LogP contribution in [0.15, 0.2) is 6.07 Å². The number of rotatable bonds is 6. The highest BCUT2D eigenvalue weighted by molar-refractivity contribution is 5.95. The molecular weight excluding hydrogens is 286 g/mol. The van der Waals surface area contributed by atoms with Gasteiger partial charge in [0.25, 0.3) is 5.91 Å². The molecule has 1 aromatic heterocycles. The fourth-order valence-corrected chi connectivity index (χ4v) is 2.49. The van der Waals surface area contributed by atoms with Crippen molar-refractivity contribution in [1.29, 1.82) is 0 Å². The minimum atomic E-state index is 0. The fourth-order valence-electron chi connectivity index (χ4n) is 2.49. The summed E-state index contributed by atoms with van der Waals surface area (Å²) in [7, 11) is 1.85. The van der Waals surface area contributed by atoms with E-state index < -0.39 is 0 Å². The molecule has 122 valence electrons. The molecule has 1 rings (SSSR count). The Morgan fingerprint density at radius 1 is 1.38 bits per heavy atom. The van der Waals surface area contributed by atoms with Crippen LogP contribution in [-0.2, 0) is 6.54 Å². The van der Waals surface area contributed by atoms with Crippen molar-refractivity contribution in [3.63, 3.8) is 0 Å². The van der Waals surface area contributed by atoms with Crippen molar-refractivity contribution in [2.45, 2.75) is 53.6 Å². The lowest BCUT2D eigenvalue weighted by Crippen LogP contribution is -2.34. The van der Waals surface area contributed by atoms with Crippen molar-refractivity contribution in [1.82, 2.24) is 9.47 Å². The maximum Gasteiger partial charge on any atom is 0.255 e. The average Bonchev–Trinajstić information content (AvgIpc) is 2.69. The number of hydrogen-bond acceptors (Lipinski definition) is 2. The number of aromatic nitrogens is 1. The van der Waals surface area contributed by atoms with Crippen LogP contribution in [0.4, 0.5) is 0 Å². The van der Waals surface area contributed by atoms with Crippen LogP contribution >= 0.6 is 12.4 Å². The molecule has 4 nitrogen and oxygen atoms in total. The zero-order chi connectivity index (χ0) is 15.4. The molecule has 0 radical (unpaired) electrons. The van der Waals surface area contributed by atoms with Crippen LogP contribution < -0.4 is 5.73 Å². The van der Waals surface area contributed by atoms with Crippen LogP contribution in [0.1, 0.15) is 48.9 Å². The largest absolute Gasteiger partial charge is 0.349 e. The molecule has 1 atom stereocenters. The number of aryl methyl sites for hydroxylation is 1. The molecule has 1 amide bonds. The summed E-state index contributed by atoms with van der Waals surface area (Å²) in [6.45, 7) is 12.0. The zero-order valence-electron chi connectivity index (χ0n) is 14.1. The van der Waals surface area contributed by atoms with E-state index in [1.54, 1.807) is 4.90 Å². The molecular formula is C16H30ClN3O. The molecule has 0 bridgehead atoms. The second-order valence-electron chi connectivity index (χ2n) is 5.95. The Labute approximate surface area is 135 Å². The number of amides is 1. The second-order valence-corrected chi connectivity index (χ2v) is 5.95. The summed E-state index contributed by atoms with van der Waals surface area (Å²) in [5, 5.41) is 0. The van der Waals surface area contributed by atoms with Crippen LogP contribution in [0.5, 0.6) is 0 Å². The second kappa shape index (κ2) is 8.44. The Kier molecular flexibility index (Phi) is 8.04. The Balaban J connectivity index is 0.00000400. The van der Waals surface area contributed by atoms with E-state index in [9.17, 15) is 4.79 Å². The number of carbonyl (C=O) groups is 1. The summed E-state index contributed by atoms with van der Waals surface area (Å²) in [4.78, 5) is 14.3. The van der Waals surface area contributed by atoms with E-state index in [1.807, 2.05) is 27.0 Å². The monoisotopic (exact) mass is 315 g/mol. The Hall–Kier alpha value is -1.00. The molecule has 0 aliphatic carbocycles. The third-order valence-electron chi connectivity index (χ3n) is 4.12. The molecule has 21 heavy (non-hydrogen) atoms. The highest BCUT2D eigenvalue weighted by Gasteiger charge is 2.19. The molecule has 5 heteroatoms. The number of hydrogen-bond donors (Lipinski definition) is 1. The molecule has 0 aliphatic heterocycles. The summed E-state index contributed by atoms with van der Waals surface area (Å²) < 4.78 is 2.17. The van der Waals surface area contributed by atoms with Gasteiger partial charge in [0.15, 0.2) is 0 Å². The maximum atomic E-state index is 12.5. The van der Waals surface area contributed by atoms with E-state index in [2.05, 4.69) is 25.3 Å². The van der Waals surface area contributed by atoms with Crippen molar-refractivity contribution in [2.24, 2.45) is 11.7 Å². The lowest BCUT2D eigenvalue weighted by Gasteiger charge is -2.21. The van der Waals surface area contributed by atoms with E-state index >= 15 is 0 Å². The molecule has 2 N–H and O–H groups in total. The average molecular weight is 316 g/mol. The van der Waals surface area contributed by atoms with Gasteiger partial charge in [-0.15, -0.1) is 12.4 Å². The van der Waals surface area contributed by atoms with Crippen LogP contribution in [0, 0.1) is 19.8 Å². The van der Waals surface area contributed by atoms with E-state index in [-0.39, 0.29) is 24.4 Å². The number of carbonyl (C=O) groups excluding carboxylic acids is 1. The smallest absolute Gasteiger partial charge is 0.255 e. The van der Waals surface area contributed by atoms with E-state index in [0.29, 0.717) is 12.5 Å². The minimum absolute atomic E-state index is 0. The van der Waals surface area contributed by atoms with Gasteiger partial charge < -0.3 is 15.2 Å². The first kappa shape index (κ1) is 20.0. The lowest BCUT2D eigenvalue weighted by molar-refractivity contribution is 0.0788. The molecule has 1 unspecified atom stereocenters. The molecule has 0 fully saturated rings. The van der Waals surface area contributed by atoms with Gasteiger partial charge in [0.1, 0.15) is 0 Å². The van der Waals surface area contributed by atoms with Crippen LogP contribution in [0.3, 0.4) is 0 Å².